The SMILES string of the molecule is CNS(=O)(=O)c1ccc(CNC(=O)c2cnc3c(cnn3C(C)C)c2)cc1. The fraction of sp³-hybridized carbons (Fsp3) is 0.278. The second kappa shape index (κ2) is 7.45. The predicted octanol–water partition coefficient (Wildman–Crippen LogP) is 1.85. The van der Waals surface area contributed by atoms with E-state index in [2.05, 4.69) is 20.1 Å². The first-order chi connectivity index (χ1) is 12.8. The highest BCUT2D eigenvalue weighted by Gasteiger charge is 2.13. The number of rotatable bonds is 6. The van der Waals surface area contributed by atoms with E-state index in [4.69, 9.17) is 0 Å². The van der Waals surface area contributed by atoms with E-state index in [0.29, 0.717) is 5.56 Å². The fourth-order valence-electron chi connectivity index (χ4n) is 2.63. The lowest BCUT2D eigenvalue weighted by Crippen LogP contribution is -2.23. The van der Waals surface area contributed by atoms with Gasteiger partial charge in [0.15, 0.2) is 5.65 Å². The van der Waals surface area contributed by atoms with Crippen LogP contribution in [0.1, 0.15) is 35.8 Å². The van der Waals surface area contributed by atoms with Crippen molar-refractivity contribution in [1.29, 1.82) is 0 Å². The van der Waals surface area contributed by atoms with E-state index in [0.717, 1.165) is 16.6 Å². The first-order valence-corrected chi connectivity index (χ1v) is 9.94. The number of aromatic nitrogens is 3. The minimum atomic E-state index is -3.47. The Bertz CT molecular complexity index is 1070. The van der Waals surface area contributed by atoms with Gasteiger partial charge in [-0.2, -0.15) is 5.10 Å². The van der Waals surface area contributed by atoms with Crippen LogP contribution in [0.2, 0.25) is 0 Å². The van der Waals surface area contributed by atoms with E-state index in [-0.39, 0.29) is 23.4 Å². The van der Waals surface area contributed by atoms with Crippen LogP contribution in [0.3, 0.4) is 0 Å². The summed E-state index contributed by atoms with van der Waals surface area (Å²) < 4.78 is 27.5. The second-order valence-electron chi connectivity index (χ2n) is 6.35. The second-order valence-corrected chi connectivity index (χ2v) is 8.24. The van der Waals surface area contributed by atoms with Gasteiger partial charge in [-0.15, -0.1) is 0 Å². The highest BCUT2D eigenvalue weighted by molar-refractivity contribution is 7.89. The summed E-state index contributed by atoms with van der Waals surface area (Å²) >= 11 is 0. The molecule has 1 aromatic carbocycles. The largest absolute Gasteiger partial charge is 0.348 e. The Labute approximate surface area is 157 Å². The lowest BCUT2D eigenvalue weighted by atomic mass is 10.2. The van der Waals surface area contributed by atoms with Crippen LogP contribution in [-0.2, 0) is 16.6 Å². The molecule has 0 atom stereocenters. The molecule has 0 spiro atoms. The Kier molecular flexibility index (Phi) is 5.24. The summed E-state index contributed by atoms with van der Waals surface area (Å²) in [7, 11) is -2.11. The van der Waals surface area contributed by atoms with Crippen molar-refractivity contribution in [2.45, 2.75) is 31.3 Å². The molecule has 1 amide bonds. The number of hydrogen-bond donors (Lipinski definition) is 2. The minimum Gasteiger partial charge on any atom is -0.348 e. The summed E-state index contributed by atoms with van der Waals surface area (Å²) in [5, 5.41) is 7.91. The minimum absolute atomic E-state index is 0.178. The molecular formula is C18H21N5O3S. The van der Waals surface area contributed by atoms with Crippen molar-refractivity contribution >= 4 is 27.0 Å². The Morgan fingerprint density at radius 2 is 1.89 bits per heavy atom. The average Bonchev–Trinajstić information content (AvgIpc) is 3.10. The predicted molar refractivity (Wildman–Crippen MR) is 102 cm³/mol. The number of fused-ring (bicyclic) bond motifs is 1. The van der Waals surface area contributed by atoms with Crippen LogP contribution in [0.4, 0.5) is 0 Å². The topological polar surface area (TPSA) is 106 Å². The Morgan fingerprint density at radius 1 is 1.19 bits per heavy atom. The van der Waals surface area contributed by atoms with Gasteiger partial charge in [0.05, 0.1) is 16.7 Å². The summed E-state index contributed by atoms with van der Waals surface area (Å²) in [4.78, 5) is 16.9. The van der Waals surface area contributed by atoms with E-state index in [9.17, 15) is 13.2 Å². The molecule has 0 aliphatic heterocycles. The Balaban J connectivity index is 1.70. The van der Waals surface area contributed by atoms with E-state index >= 15 is 0 Å². The quantitative estimate of drug-likeness (QED) is 0.671. The van der Waals surface area contributed by atoms with Crippen molar-refractivity contribution in [3.63, 3.8) is 0 Å². The zero-order valence-corrected chi connectivity index (χ0v) is 16.1. The van der Waals surface area contributed by atoms with Crippen molar-refractivity contribution in [2.75, 3.05) is 7.05 Å². The van der Waals surface area contributed by atoms with Crippen LogP contribution in [0.5, 0.6) is 0 Å². The molecule has 3 aromatic rings. The van der Waals surface area contributed by atoms with Gasteiger partial charge in [-0.25, -0.2) is 22.8 Å². The molecule has 0 saturated carbocycles. The molecule has 0 fully saturated rings. The highest BCUT2D eigenvalue weighted by Crippen LogP contribution is 2.17. The molecular weight excluding hydrogens is 366 g/mol. The first kappa shape index (κ1) is 19.0. The fourth-order valence-corrected chi connectivity index (χ4v) is 3.36. The third-order valence-electron chi connectivity index (χ3n) is 4.14. The molecule has 142 valence electrons. The number of pyridine rings is 1. The number of benzene rings is 1. The van der Waals surface area contributed by atoms with Gasteiger partial charge < -0.3 is 5.32 Å². The Morgan fingerprint density at radius 3 is 2.52 bits per heavy atom. The smallest absolute Gasteiger partial charge is 0.253 e. The van der Waals surface area contributed by atoms with Crippen molar-refractivity contribution in [3.05, 3.63) is 53.9 Å². The van der Waals surface area contributed by atoms with Crippen molar-refractivity contribution in [1.82, 2.24) is 24.8 Å². The third kappa shape index (κ3) is 3.99. The van der Waals surface area contributed by atoms with Gasteiger partial charge in [0.25, 0.3) is 5.91 Å². The number of carbonyl (C=O) groups excluding carboxylic acids is 1. The Hall–Kier alpha value is -2.78. The maximum Gasteiger partial charge on any atom is 0.253 e. The zero-order chi connectivity index (χ0) is 19.6. The molecule has 2 heterocycles. The number of sulfonamides is 1. The third-order valence-corrected chi connectivity index (χ3v) is 5.57. The van der Waals surface area contributed by atoms with Crippen LogP contribution in [-0.4, -0.2) is 36.1 Å². The monoisotopic (exact) mass is 387 g/mol. The molecule has 3 rings (SSSR count). The molecule has 0 aliphatic rings. The van der Waals surface area contributed by atoms with Gasteiger partial charge in [0, 0.05) is 24.2 Å². The molecule has 8 nitrogen and oxygen atoms in total. The maximum absolute atomic E-state index is 12.4. The van der Waals surface area contributed by atoms with Crippen LogP contribution in [0.15, 0.2) is 47.6 Å². The van der Waals surface area contributed by atoms with Gasteiger partial charge in [0.2, 0.25) is 10.0 Å². The van der Waals surface area contributed by atoms with E-state index in [1.807, 2.05) is 13.8 Å². The molecule has 2 N–H and O–H groups in total. The summed E-state index contributed by atoms with van der Waals surface area (Å²) in [6.07, 6.45) is 3.22. The van der Waals surface area contributed by atoms with Gasteiger partial charge in [-0.3, -0.25) is 4.79 Å². The highest BCUT2D eigenvalue weighted by atomic mass is 32.2. The summed E-state index contributed by atoms with van der Waals surface area (Å²) in [6, 6.07) is 8.27. The van der Waals surface area contributed by atoms with Gasteiger partial charge in [0.1, 0.15) is 0 Å². The van der Waals surface area contributed by atoms with Crippen LogP contribution in [0.25, 0.3) is 11.0 Å². The normalized spacial score (nSPS) is 11.9. The summed E-state index contributed by atoms with van der Waals surface area (Å²) in [5.41, 5.74) is 1.98. The van der Waals surface area contributed by atoms with Crippen LogP contribution < -0.4 is 10.0 Å². The number of nitrogens with one attached hydrogen (secondary N) is 2. The van der Waals surface area contributed by atoms with Crippen LogP contribution in [0, 0.1) is 0 Å². The molecule has 9 heteroatoms. The van der Waals surface area contributed by atoms with Crippen molar-refractivity contribution in [3.8, 4) is 0 Å². The maximum atomic E-state index is 12.4. The lowest BCUT2D eigenvalue weighted by molar-refractivity contribution is 0.0950. The molecule has 2 aromatic heterocycles. The number of nitrogens with zero attached hydrogens (tertiary/aromatic N) is 3. The molecule has 0 aliphatic carbocycles. The number of hydrogen-bond acceptors (Lipinski definition) is 5. The van der Waals surface area contributed by atoms with Gasteiger partial charge in [-0.05, 0) is 44.7 Å². The first-order valence-electron chi connectivity index (χ1n) is 8.46. The molecule has 0 radical (unpaired) electrons. The lowest BCUT2D eigenvalue weighted by Gasteiger charge is -2.08. The molecule has 27 heavy (non-hydrogen) atoms. The molecule has 0 bridgehead atoms. The zero-order valence-electron chi connectivity index (χ0n) is 15.3. The molecule has 0 unspecified atom stereocenters. The van der Waals surface area contributed by atoms with E-state index in [1.165, 1.54) is 25.4 Å². The van der Waals surface area contributed by atoms with E-state index < -0.39 is 10.0 Å². The van der Waals surface area contributed by atoms with Gasteiger partial charge in [-0.1, -0.05) is 12.1 Å². The molecule has 0 saturated heterocycles. The van der Waals surface area contributed by atoms with Crippen molar-refractivity contribution < 1.29 is 13.2 Å². The number of amides is 1. The average molecular weight is 387 g/mol. The summed E-state index contributed by atoms with van der Waals surface area (Å²) in [6.45, 7) is 4.31. The van der Waals surface area contributed by atoms with Crippen LogP contribution >= 0.6 is 0 Å². The van der Waals surface area contributed by atoms with Gasteiger partial charge >= 0.3 is 0 Å². The summed E-state index contributed by atoms with van der Waals surface area (Å²) in [5.74, 6) is -0.256. The van der Waals surface area contributed by atoms with Crippen molar-refractivity contribution in [2.24, 2.45) is 0 Å². The standard InChI is InChI=1S/C18H21N5O3S/c1-12(2)23-17-14(11-22-23)8-15(10-20-17)18(24)21-9-13-4-6-16(7-5-13)27(25,26)19-3/h4-8,10-12,19H,9H2,1-3H3,(H,21,24). The number of carbonyl (C=O) groups is 1. The van der Waals surface area contributed by atoms with E-state index in [1.54, 1.807) is 29.1 Å².